The Kier molecular flexibility index (Phi) is 5.12. The fraction of sp³-hybridized carbons (Fsp3) is 0.389. The fourth-order valence-electron chi connectivity index (χ4n) is 3.25. The van der Waals surface area contributed by atoms with Crippen molar-refractivity contribution in [1.29, 1.82) is 0 Å². The first-order valence-corrected chi connectivity index (χ1v) is 9.86. The van der Waals surface area contributed by atoms with Crippen LogP contribution in [0.25, 0.3) is 0 Å². The van der Waals surface area contributed by atoms with Crippen LogP contribution in [-0.2, 0) is 22.5 Å². The van der Waals surface area contributed by atoms with Crippen LogP contribution >= 0.6 is 22.9 Å². The van der Waals surface area contributed by atoms with Crippen molar-refractivity contribution in [2.75, 3.05) is 18.5 Å². The molecule has 1 N–H and O–H groups in total. The van der Waals surface area contributed by atoms with E-state index in [1.165, 1.54) is 29.5 Å². The molecule has 0 aliphatic carbocycles. The Morgan fingerprint density at radius 1 is 1.41 bits per heavy atom. The number of halogens is 2. The largest absolute Gasteiger partial charge is 0.368 e. The molecular weight excluding hydrogens is 393 g/mol. The van der Waals surface area contributed by atoms with Gasteiger partial charge in [0.2, 0.25) is 0 Å². The minimum Gasteiger partial charge on any atom is -0.368 e. The van der Waals surface area contributed by atoms with Gasteiger partial charge >= 0.3 is 0 Å². The van der Waals surface area contributed by atoms with Crippen LogP contribution in [0.2, 0.25) is 5.02 Å². The monoisotopic (exact) mass is 409 g/mol. The molecule has 0 saturated carbocycles. The summed E-state index contributed by atoms with van der Waals surface area (Å²) >= 11 is 7.34. The number of thiazole rings is 1. The molecule has 0 bridgehead atoms. The van der Waals surface area contributed by atoms with Crippen LogP contribution in [0.3, 0.4) is 0 Å². The van der Waals surface area contributed by atoms with E-state index in [0.717, 1.165) is 17.0 Å². The molecule has 2 amide bonds. The van der Waals surface area contributed by atoms with E-state index in [1.54, 1.807) is 4.90 Å². The quantitative estimate of drug-likeness (QED) is 0.844. The molecule has 1 aromatic carbocycles. The van der Waals surface area contributed by atoms with Crippen molar-refractivity contribution in [2.24, 2.45) is 0 Å². The number of rotatable bonds is 3. The summed E-state index contributed by atoms with van der Waals surface area (Å²) in [5.41, 5.74) is 0.741. The summed E-state index contributed by atoms with van der Waals surface area (Å²) in [6, 6.07) is 4.19. The number of benzene rings is 1. The normalized spacial score (nSPS) is 19.0. The Morgan fingerprint density at radius 3 is 3.00 bits per heavy atom. The van der Waals surface area contributed by atoms with Crippen molar-refractivity contribution in [3.63, 3.8) is 0 Å². The second-order valence-corrected chi connectivity index (χ2v) is 7.94. The van der Waals surface area contributed by atoms with Crippen LogP contribution in [0.15, 0.2) is 18.2 Å². The van der Waals surface area contributed by atoms with E-state index in [0.29, 0.717) is 37.7 Å². The predicted octanol–water partition coefficient (Wildman–Crippen LogP) is 3.25. The number of ether oxygens (including phenoxy) is 1. The summed E-state index contributed by atoms with van der Waals surface area (Å²) in [5, 5.41) is 3.39. The van der Waals surface area contributed by atoms with Crippen molar-refractivity contribution in [2.45, 2.75) is 31.9 Å². The molecular formula is C18H17ClFN3O3S. The maximum Gasteiger partial charge on any atom is 0.258 e. The second-order valence-electron chi connectivity index (χ2n) is 6.45. The molecule has 2 aliphatic heterocycles. The third-order valence-corrected chi connectivity index (χ3v) is 5.96. The lowest BCUT2D eigenvalue weighted by Gasteiger charge is -2.26. The Bertz CT molecular complexity index is 878. The molecule has 3 heterocycles. The third kappa shape index (κ3) is 3.69. The molecule has 27 heavy (non-hydrogen) atoms. The number of fused-ring (bicyclic) bond motifs is 1. The van der Waals surface area contributed by atoms with E-state index >= 15 is 0 Å². The van der Waals surface area contributed by atoms with E-state index in [4.69, 9.17) is 16.3 Å². The van der Waals surface area contributed by atoms with E-state index in [2.05, 4.69) is 10.3 Å². The van der Waals surface area contributed by atoms with E-state index in [9.17, 15) is 14.0 Å². The van der Waals surface area contributed by atoms with Gasteiger partial charge in [-0.1, -0.05) is 29.0 Å². The average Bonchev–Trinajstić information content (AvgIpc) is 3.30. The number of amides is 2. The lowest BCUT2D eigenvalue weighted by Crippen LogP contribution is -2.36. The summed E-state index contributed by atoms with van der Waals surface area (Å²) < 4.78 is 19.4. The Balaban J connectivity index is 1.48. The summed E-state index contributed by atoms with van der Waals surface area (Å²) in [6.45, 7) is 1.33. The van der Waals surface area contributed by atoms with Crippen LogP contribution in [-0.4, -0.2) is 41.0 Å². The first kappa shape index (κ1) is 18.3. The molecule has 0 radical (unpaired) electrons. The summed E-state index contributed by atoms with van der Waals surface area (Å²) in [4.78, 5) is 31.8. The molecule has 142 valence electrons. The van der Waals surface area contributed by atoms with Crippen LogP contribution in [0, 0.1) is 5.82 Å². The maximum atomic E-state index is 14.0. The van der Waals surface area contributed by atoms with Crippen molar-refractivity contribution in [1.82, 2.24) is 9.88 Å². The van der Waals surface area contributed by atoms with Gasteiger partial charge in [0.15, 0.2) is 5.13 Å². The summed E-state index contributed by atoms with van der Waals surface area (Å²) in [5.74, 6) is -1.26. The van der Waals surface area contributed by atoms with Gasteiger partial charge in [-0.3, -0.25) is 14.9 Å². The van der Waals surface area contributed by atoms with E-state index in [-0.39, 0.29) is 16.5 Å². The molecule has 0 spiro atoms. The van der Waals surface area contributed by atoms with Gasteiger partial charge in [-0.05, 0) is 25.0 Å². The number of aromatic nitrogens is 1. The Hall–Kier alpha value is -2.03. The zero-order chi connectivity index (χ0) is 19.0. The van der Waals surface area contributed by atoms with Crippen LogP contribution in [0.1, 0.15) is 33.8 Å². The lowest BCUT2D eigenvalue weighted by atomic mass is 10.1. The molecule has 6 nitrogen and oxygen atoms in total. The van der Waals surface area contributed by atoms with Gasteiger partial charge < -0.3 is 9.64 Å². The average molecular weight is 410 g/mol. The van der Waals surface area contributed by atoms with Crippen LogP contribution in [0.5, 0.6) is 0 Å². The highest BCUT2D eigenvalue weighted by atomic mass is 35.5. The van der Waals surface area contributed by atoms with Gasteiger partial charge in [0, 0.05) is 24.4 Å². The highest BCUT2D eigenvalue weighted by molar-refractivity contribution is 7.15. The third-order valence-electron chi connectivity index (χ3n) is 4.65. The minimum absolute atomic E-state index is 0.0969. The SMILES string of the molecule is O=C(Nc1nc2c(s1)CN(C(=O)c1c(F)cccc1Cl)CC2)C1CCCO1. The molecule has 1 fully saturated rings. The number of nitrogens with zero attached hydrogens (tertiary/aromatic N) is 2. The number of hydrogen-bond acceptors (Lipinski definition) is 5. The zero-order valence-corrected chi connectivity index (χ0v) is 15.9. The molecule has 2 aromatic rings. The maximum absolute atomic E-state index is 14.0. The molecule has 9 heteroatoms. The lowest BCUT2D eigenvalue weighted by molar-refractivity contribution is -0.124. The molecule has 1 saturated heterocycles. The zero-order valence-electron chi connectivity index (χ0n) is 14.3. The van der Waals surface area contributed by atoms with Gasteiger partial charge in [-0.2, -0.15) is 0 Å². The van der Waals surface area contributed by atoms with Crippen molar-refractivity contribution >= 4 is 39.9 Å². The first-order valence-electron chi connectivity index (χ1n) is 8.67. The van der Waals surface area contributed by atoms with E-state index < -0.39 is 17.8 Å². The summed E-state index contributed by atoms with van der Waals surface area (Å²) in [6.07, 6.45) is 1.71. The first-order chi connectivity index (χ1) is 13.0. The van der Waals surface area contributed by atoms with Crippen molar-refractivity contribution < 1.29 is 18.7 Å². The molecule has 1 aromatic heterocycles. The minimum atomic E-state index is -0.632. The van der Waals surface area contributed by atoms with Gasteiger partial charge in [0.05, 0.1) is 22.8 Å². The molecule has 2 aliphatic rings. The summed E-state index contributed by atoms with van der Waals surface area (Å²) in [7, 11) is 0. The van der Waals surface area contributed by atoms with E-state index in [1.807, 2.05) is 0 Å². The number of hydrogen-bond donors (Lipinski definition) is 1. The molecule has 1 unspecified atom stereocenters. The van der Waals surface area contributed by atoms with Gasteiger partial charge in [-0.25, -0.2) is 9.37 Å². The number of anilines is 1. The van der Waals surface area contributed by atoms with Crippen molar-refractivity contribution in [3.05, 3.63) is 45.2 Å². The Labute approximate surface area is 164 Å². The smallest absolute Gasteiger partial charge is 0.258 e. The van der Waals surface area contributed by atoms with Crippen LogP contribution in [0.4, 0.5) is 9.52 Å². The number of carbonyl (C=O) groups excluding carboxylic acids is 2. The van der Waals surface area contributed by atoms with Gasteiger partial charge in [0.25, 0.3) is 11.8 Å². The molecule has 4 rings (SSSR count). The number of nitrogens with one attached hydrogen (secondary N) is 1. The standard InChI is InChI=1S/C18H17ClFN3O3S/c19-10-3-1-4-11(20)15(10)17(25)23-7-6-12-14(9-23)27-18(21-12)22-16(24)13-5-2-8-26-13/h1,3-4,13H,2,5-9H2,(H,21,22,24). The topological polar surface area (TPSA) is 71.5 Å². The van der Waals surface area contributed by atoms with Gasteiger partial charge in [-0.15, -0.1) is 0 Å². The molecule has 1 atom stereocenters. The predicted molar refractivity (Wildman–Crippen MR) is 99.6 cm³/mol. The van der Waals surface area contributed by atoms with Crippen molar-refractivity contribution in [3.8, 4) is 0 Å². The Morgan fingerprint density at radius 2 is 2.26 bits per heavy atom. The van der Waals surface area contributed by atoms with Crippen LogP contribution < -0.4 is 5.32 Å². The highest BCUT2D eigenvalue weighted by Gasteiger charge is 2.29. The fourth-order valence-corrected chi connectivity index (χ4v) is 4.52. The second kappa shape index (κ2) is 7.53. The number of carbonyl (C=O) groups is 2. The van der Waals surface area contributed by atoms with Gasteiger partial charge in [0.1, 0.15) is 11.9 Å². The highest BCUT2D eigenvalue weighted by Crippen LogP contribution is 2.30.